The van der Waals surface area contributed by atoms with Crippen molar-refractivity contribution in [3.05, 3.63) is 103 Å². The van der Waals surface area contributed by atoms with Gasteiger partial charge in [-0.05, 0) is 59.7 Å². The molecule has 2 fully saturated rings. The average molecular weight is 465 g/mol. The molecule has 2 aliphatic rings. The summed E-state index contributed by atoms with van der Waals surface area (Å²) >= 11 is 0. The molecule has 4 aromatic carbocycles. The lowest BCUT2D eigenvalue weighted by Gasteiger charge is -2.29. The molecule has 2 amide bonds. The topological polar surface area (TPSA) is 59.1 Å². The predicted octanol–water partition coefficient (Wildman–Crippen LogP) is 5.29. The van der Waals surface area contributed by atoms with Crippen LogP contribution in [-0.4, -0.2) is 24.5 Å². The fraction of sp³-hybridized carbons (Fsp3) is 0.172. The predicted molar refractivity (Wildman–Crippen MR) is 134 cm³/mol. The highest BCUT2D eigenvalue weighted by molar-refractivity contribution is 6.24. The number of carbonyl (C=O) groups excluding carboxylic acids is 2. The molecule has 0 spiro atoms. The van der Waals surface area contributed by atoms with Gasteiger partial charge in [0.1, 0.15) is 11.7 Å². The van der Waals surface area contributed by atoms with Crippen molar-refractivity contribution in [2.45, 2.75) is 19.1 Å². The normalized spacial score (nSPS) is 21.6. The van der Waals surface area contributed by atoms with E-state index in [9.17, 15) is 9.59 Å². The van der Waals surface area contributed by atoms with E-state index < -0.39 is 18.1 Å². The second kappa shape index (κ2) is 8.56. The van der Waals surface area contributed by atoms with Crippen LogP contribution in [0.3, 0.4) is 0 Å². The maximum Gasteiger partial charge on any atom is 0.266 e. The summed E-state index contributed by atoms with van der Waals surface area (Å²) in [5.41, 5.74) is 2.27. The van der Waals surface area contributed by atoms with Crippen LogP contribution in [0.15, 0.2) is 97.1 Å². The van der Waals surface area contributed by atoms with Crippen molar-refractivity contribution in [3.8, 4) is 5.75 Å². The highest BCUT2D eigenvalue weighted by atomic mass is 16.7. The summed E-state index contributed by atoms with van der Waals surface area (Å²) in [7, 11) is 0. The molecule has 6 rings (SSSR count). The van der Waals surface area contributed by atoms with E-state index in [2.05, 4.69) is 0 Å². The number of benzene rings is 4. The summed E-state index contributed by atoms with van der Waals surface area (Å²) in [6.07, 6.45) is -0.904. The average Bonchev–Trinajstić information content (AvgIpc) is 3.41. The number of hydrogen-bond donors (Lipinski definition) is 0. The van der Waals surface area contributed by atoms with Crippen LogP contribution in [0, 0.1) is 5.92 Å². The fourth-order valence-corrected chi connectivity index (χ4v) is 5.15. The largest absolute Gasteiger partial charge is 0.494 e. The Morgan fingerprint density at radius 2 is 1.49 bits per heavy atom. The fourth-order valence-electron chi connectivity index (χ4n) is 5.15. The van der Waals surface area contributed by atoms with Gasteiger partial charge in [0.15, 0.2) is 6.10 Å². The lowest BCUT2D eigenvalue weighted by Crippen LogP contribution is -2.37. The van der Waals surface area contributed by atoms with Gasteiger partial charge in [-0.1, -0.05) is 60.7 Å². The molecule has 2 saturated heterocycles. The second-order valence-electron chi connectivity index (χ2n) is 8.67. The number of nitrogens with zero attached hydrogens (tertiary/aromatic N) is 2. The van der Waals surface area contributed by atoms with E-state index in [0.717, 1.165) is 22.0 Å². The highest BCUT2D eigenvalue weighted by Gasteiger charge is 2.60. The molecule has 6 nitrogen and oxygen atoms in total. The molecule has 6 heteroatoms. The first-order chi connectivity index (χ1) is 17.2. The molecule has 0 N–H and O–H groups in total. The standard InChI is InChI=1S/C29H24N2O4/c1-2-34-22-17-15-20(16-18-22)30-28(32)25-26(24-14-8-10-19-9-6-7-13-23(19)24)31(35-27(25)29(30)33)21-11-4-3-5-12-21/h3-18,25-27H,2H2,1H3/t25-,26+,27-/m1/s1. The third-order valence-corrected chi connectivity index (χ3v) is 6.67. The van der Waals surface area contributed by atoms with Gasteiger partial charge in [-0.2, -0.15) is 0 Å². The highest BCUT2D eigenvalue weighted by Crippen LogP contribution is 2.48. The number of hydrogen-bond acceptors (Lipinski definition) is 5. The summed E-state index contributed by atoms with van der Waals surface area (Å²) in [6, 6.07) is 30.3. The smallest absolute Gasteiger partial charge is 0.266 e. The number of amides is 2. The van der Waals surface area contributed by atoms with Crippen LogP contribution in [0.5, 0.6) is 5.75 Å². The summed E-state index contributed by atoms with van der Waals surface area (Å²) in [6.45, 7) is 2.45. The Kier molecular flexibility index (Phi) is 5.23. The minimum absolute atomic E-state index is 0.263. The van der Waals surface area contributed by atoms with E-state index in [-0.39, 0.29) is 11.8 Å². The van der Waals surface area contributed by atoms with Crippen LogP contribution >= 0.6 is 0 Å². The van der Waals surface area contributed by atoms with Crippen molar-refractivity contribution in [3.63, 3.8) is 0 Å². The molecule has 0 aromatic heterocycles. The molecule has 0 saturated carbocycles. The third-order valence-electron chi connectivity index (χ3n) is 6.67. The lowest BCUT2D eigenvalue weighted by molar-refractivity contribution is -0.126. The zero-order chi connectivity index (χ0) is 23.9. The van der Waals surface area contributed by atoms with Gasteiger partial charge in [0.25, 0.3) is 5.91 Å². The van der Waals surface area contributed by atoms with Gasteiger partial charge in [0, 0.05) is 0 Å². The Morgan fingerprint density at radius 1 is 0.771 bits per heavy atom. The number of imide groups is 1. The van der Waals surface area contributed by atoms with Gasteiger partial charge >= 0.3 is 0 Å². The maximum absolute atomic E-state index is 13.9. The Balaban J connectivity index is 1.45. The Morgan fingerprint density at radius 3 is 2.26 bits per heavy atom. The van der Waals surface area contributed by atoms with E-state index in [1.54, 1.807) is 29.3 Å². The molecule has 0 unspecified atom stereocenters. The minimum Gasteiger partial charge on any atom is -0.494 e. The summed E-state index contributed by atoms with van der Waals surface area (Å²) in [5, 5.41) is 3.84. The van der Waals surface area contributed by atoms with E-state index >= 15 is 0 Å². The zero-order valence-electron chi connectivity index (χ0n) is 19.2. The van der Waals surface area contributed by atoms with Gasteiger partial charge in [-0.15, -0.1) is 0 Å². The molecule has 0 bridgehead atoms. The number of para-hydroxylation sites is 1. The van der Waals surface area contributed by atoms with Crippen LogP contribution in [0.25, 0.3) is 10.8 Å². The molecule has 4 aromatic rings. The van der Waals surface area contributed by atoms with E-state index in [4.69, 9.17) is 9.57 Å². The summed E-state index contributed by atoms with van der Waals surface area (Å²) in [5.74, 6) is -0.607. The van der Waals surface area contributed by atoms with E-state index in [1.165, 1.54) is 4.90 Å². The van der Waals surface area contributed by atoms with E-state index in [1.807, 2.05) is 79.7 Å². The Labute approximate surface area is 203 Å². The van der Waals surface area contributed by atoms with Crippen molar-refractivity contribution < 1.29 is 19.2 Å². The molecule has 0 radical (unpaired) electrons. The first-order valence-corrected chi connectivity index (χ1v) is 11.8. The van der Waals surface area contributed by atoms with Crippen molar-refractivity contribution in [2.75, 3.05) is 16.6 Å². The first-order valence-electron chi connectivity index (χ1n) is 11.8. The molecule has 2 heterocycles. The number of anilines is 2. The number of hydroxylamine groups is 1. The summed E-state index contributed by atoms with van der Waals surface area (Å²) < 4.78 is 5.51. The second-order valence-corrected chi connectivity index (χ2v) is 8.67. The molecule has 174 valence electrons. The lowest BCUT2D eigenvalue weighted by atomic mass is 9.87. The van der Waals surface area contributed by atoms with Crippen LogP contribution in [0.1, 0.15) is 18.5 Å². The van der Waals surface area contributed by atoms with Crippen LogP contribution < -0.4 is 14.7 Å². The van der Waals surface area contributed by atoms with Crippen molar-refractivity contribution in [1.29, 1.82) is 0 Å². The zero-order valence-corrected chi connectivity index (χ0v) is 19.2. The SMILES string of the molecule is CCOc1ccc(N2C(=O)[C@H]3[C@@H](ON(c4ccccc4)[C@H]3c3cccc4ccccc34)C2=O)cc1. The molecule has 2 aliphatic heterocycles. The number of carbonyl (C=O) groups is 2. The first kappa shape index (κ1) is 21.4. The van der Waals surface area contributed by atoms with E-state index in [0.29, 0.717) is 18.0 Å². The molecule has 0 aliphatic carbocycles. The van der Waals surface area contributed by atoms with Crippen LogP contribution in [0.2, 0.25) is 0 Å². The van der Waals surface area contributed by atoms with Crippen LogP contribution in [0.4, 0.5) is 11.4 Å². The van der Waals surface area contributed by atoms with Gasteiger partial charge in [0.2, 0.25) is 5.91 Å². The molecular formula is C29H24N2O4. The van der Waals surface area contributed by atoms with Crippen molar-refractivity contribution in [1.82, 2.24) is 0 Å². The number of fused-ring (bicyclic) bond motifs is 2. The molecular weight excluding hydrogens is 440 g/mol. The van der Waals surface area contributed by atoms with Gasteiger partial charge in [-0.3, -0.25) is 14.4 Å². The maximum atomic E-state index is 13.9. The van der Waals surface area contributed by atoms with Crippen LogP contribution in [-0.2, 0) is 14.4 Å². The Bertz CT molecular complexity index is 1400. The molecule has 35 heavy (non-hydrogen) atoms. The third kappa shape index (κ3) is 3.45. The molecule has 3 atom stereocenters. The quantitative estimate of drug-likeness (QED) is 0.376. The van der Waals surface area contributed by atoms with Crippen molar-refractivity contribution >= 4 is 34.0 Å². The number of ether oxygens (including phenoxy) is 1. The van der Waals surface area contributed by atoms with Gasteiger partial charge in [0.05, 0.1) is 24.0 Å². The van der Waals surface area contributed by atoms with Gasteiger partial charge < -0.3 is 4.74 Å². The summed E-state index contributed by atoms with van der Waals surface area (Å²) in [4.78, 5) is 35.0. The Hall–Kier alpha value is -4.16. The minimum atomic E-state index is -0.904. The number of rotatable bonds is 5. The van der Waals surface area contributed by atoms with Gasteiger partial charge in [-0.25, -0.2) is 9.96 Å². The monoisotopic (exact) mass is 464 g/mol. The van der Waals surface area contributed by atoms with Crippen molar-refractivity contribution in [2.24, 2.45) is 5.92 Å².